The van der Waals surface area contributed by atoms with E-state index < -0.39 is 10.0 Å². The van der Waals surface area contributed by atoms with E-state index in [0.717, 1.165) is 18.4 Å². The number of esters is 1. The zero-order chi connectivity index (χ0) is 20.9. The molecule has 2 aromatic carbocycles. The standard InChI is InChI=1S/C20H20Cl2N2O4S/c21-16-10-9-14(12-17(16)22)13-28-19(25)8-2-1-5-11-23-20-15-6-3-4-7-18(15)29(26,27)24-20/h3-4,6-7,9-10,12H,1-2,5,8,11,13H2,(H,23,24). The van der Waals surface area contributed by atoms with Crippen molar-refractivity contribution in [1.29, 1.82) is 0 Å². The number of halogens is 2. The van der Waals surface area contributed by atoms with Crippen LogP contribution in [0.2, 0.25) is 10.0 Å². The largest absolute Gasteiger partial charge is 0.461 e. The number of aliphatic imine (C=N–C) groups is 1. The van der Waals surface area contributed by atoms with Gasteiger partial charge in [0.25, 0.3) is 10.0 Å². The average molecular weight is 455 g/mol. The summed E-state index contributed by atoms with van der Waals surface area (Å²) in [7, 11) is -3.51. The summed E-state index contributed by atoms with van der Waals surface area (Å²) in [5, 5.41) is 0.883. The molecular formula is C20H20Cl2N2O4S. The number of carbonyl (C=O) groups is 1. The smallest absolute Gasteiger partial charge is 0.306 e. The predicted molar refractivity (Wildman–Crippen MR) is 113 cm³/mol. The van der Waals surface area contributed by atoms with Crippen molar-refractivity contribution in [1.82, 2.24) is 4.72 Å². The summed E-state index contributed by atoms with van der Waals surface area (Å²) >= 11 is 11.8. The van der Waals surface area contributed by atoms with Crippen molar-refractivity contribution in [3.8, 4) is 0 Å². The maximum atomic E-state index is 12.0. The van der Waals surface area contributed by atoms with Gasteiger partial charge in [0.15, 0.2) is 0 Å². The monoisotopic (exact) mass is 454 g/mol. The zero-order valence-corrected chi connectivity index (χ0v) is 17.9. The number of sulfonamides is 1. The number of benzene rings is 2. The number of unbranched alkanes of at least 4 members (excludes halogenated alkanes) is 2. The number of rotatable bonds is 8. The molecule has 0 bridgehead atoms. The summed E-state index contributed by atoms with van der Waals surface area (Å²) in [6.45, 7) is 0.632. The van der Waals surface area contributed by atoms with Gasteiger partial charge in [0.2, 0.25) is 0 Å². The first kappa shape index (κ1) is 21.6. The number of nitrogens with zero attached hydrogens (tertiary/aromatic N) is 1. The zero-order valence-electron chi connectivity index (χ0n) is 15.5. The molecule has 0 saturated heterocycles. The SMILES string of the molecule is O=C(CCCCCN=C1NS(=O)(=O)c2ccccc21)OCc1ccc(Cl)c(Cl)c1. The molecule has 0 aliphatic carbocycles. The van der Waals surface area contributed by atoms with Crippen LogP contribution in [-0.4, -0.2) is 26.8 Å². The first-order valence-electron chi connectivity index (χ1n) is 9.13. The summed E-state index contributed by atoms with van der Waals surface area (Å²) in [6, 6.07) is 11.8. The van der Waals surface area contributed by atoms with E-state index in [1.165, 1.54) is 0 Å². The molecule has 1 aliphatic heterocycles. The lowest BCUT2D eigenvalue weighted by Gasteiger charge is -2.06. The van der Waals surface area contributed by atoms with Gasteiger partial charge in [-0.2, -0.15) is 0 Å². The second-order valence-electron chi connectivity index (χ2n) is 6.55. The van der Waals surface area contributed by atoms with Gasteiger partial charge in [0.1, 0.15) is 12.4 Å². The van der Waals surface area contributed by atoms with Crippen LogP contribution in [0.15, 0.2) is 52.4 Å². The summed E-state index contributed by atoms with van der Waals surface area (Å²) in [5.74, 6) is 0.0986. The Hall–Kier alpha value is -2.09. The summed E-state index contributed by atoms with van der Waals surface area (Å²) in [5.41, 5.74) is 1.38. The third-order valence-electron chi connectivity index (χ3n) is 4.36. The van der Waals surface area contributed by atoms with Crippen LogP contribution in [0.25, 0.3) is 0 Å². The van der Waals surface area contributed by atoms with E-state index in [2.05, 4.69) is 9.71 Å². The summed E-state index contributed by atoms with van der Waals surface area (Å²) in [6.07, 6.45) is 2.52. The van der Waals surface area contributed by atoms with Crippen LogP contribution in [0.1, 0.15) is 36.8 Å². The number of nitrogens with one attached hydrogen (secondary N) is 1. The lowest BCUT2D eigenvalue weighted by molar-refractivity contribution is -0.145. The molecular weight excluding hydrogens is 435 g/mol. The van der Waals surface area contributed by atoms with E-state index in [1.54, 1.807) is 42.5 Å². The minimum Gasteiger partial charge on any atom is -0.461 e. The van der Waals surface area contributed by atoms with Crippen LogP contribution < -0.4 is 4.72 Å². The van der Waals surface area contributed by atoms with Crippen molar-refractivity contribution in [2.75, 3.05) is 6.54 Å². The minimum absolute atomic E-state index is 0.156. The van der Waals surface area contributed by atoms with Crippen molar-refractivity contribution in [3.05, 3.63) is 63.6 Å². The molecule has 1 N–H and O–H groups in total. The number of carbonyl (C=O) groups excluding carboxylic acids is 1. The van der Waals surface area contributed by atoms with Gasteiger partial charge in [-0.25, -0.2) is 8.42 Å². The highest BCUT2D eigenvalue weighted by Gasteiger charge is 2.29. The molecule has 2 aromatic rings. The highest BCUT2D eigenvalue weighted by atomic mass is 35.5. The van der Waals surface area contributed by atoms with Crippen LogP contribution in [-0.2, 0) is 26.2 Å². The Kier molecular flexibility index (Phi) is 7.16. The highest BCUT2D eigenvalue weighted by molar-refractivity contribution is 7.90. The van der Waals surface area contributed by atoms with E-state index in [-0.39, 0.29) is 17.5 Å². The topological polar surface area (TPSA) is 84.8 Å². The van der Waals surface area contributed by atoms with Gasteiger partial charge < -0.3 is 4.74 Å². The molecule has 29 heavy (non-hydrogen) atoms. The molecule has 0 amide bonds. The molecule has 0 radical (unpaired) electrons. The van der Waals surface area contributed by atoms with E-state index in [1.807, 2.05) is 0 Å². The minimum atomic E-state index is -3.51. The Labute approximate surface area is 179 Å². The van der Waals surface area contributed by atoms with Crippen molar-refractivity contribution in [3.63, 3.8) is 0 Å². The molecule has 0 spiro atoms. The fourth-order valence-electron chi connectivity index (χ4n) is 2.87. The van der Waals surface area contributed by atoms with E-state index in [4.69, 9.17) is 27.9 Å². The van der Waals surface area contributed by atoms with Gasteiger partial charge >= 0.3 is 5.97 Å². The molecule has 6 nitrogen and oxygen atoms in total. The normalized spacial score (nSPS) is 15.7. The fourth-order valence-corrected chi connectivity index (χ4v) is 4.44. The lowest BCUT2D eigenvalue weighted by Crippen LogP contribution is -2.22. The number of fused-ring (bicyclic) bond motifs is 1. The molecule has 0 unspecified atom stereocenters. The van der Waals surface area contributed by atoms with Gasteiger partial charge in [0.05, 0.1) is 14.9 Å². The second-order valence-corrected chi connectivity index (χ2v) is 9.02. The van der Waals surface area contributed by atoms with Crippen LogP contribution in [0, 0.1) is 0 Å². The van der Waals surface area contributed by atoms with E-state index >= 15 is 0 Å². The molecule has 0 atom stereocenters. The van der Waals surface area contributed by atoms with Crippen molar-refractivity contribution in [2.24, 2.45) is 4.99 Å². The third kappa shape index (κ3) is 5.72. The first-order chi connectivity index (χ1) is 13.9. The van der Waals surface area contributed by atoms with Crippen molar-refractivity contribution in [2.45, 2.75) is 37.2 Å². The van der Waals surface area contributed by atoms with E-state index in [9.17, 15) is 13.2 Å². The molecule has 0 aromatic heterocycles. The van der Waals surface area contributed by atoms with Gasteiger partial charge in [0, 0.05) is 18.5 Å². The number of hydrogen-bond acceptors (Lipinski definition) is 5. The maximum absolute atomic E-state index is 12.0. The number of amidine groups is 1. The Morgan fingerprint density at radius 1 is 1.03 bits per heavy atom. The van der Waals surface area contributed by atoms with Crippen LogP contribution >= 0.6 is 23.2 Å². The Bertz CT molecular complexity index is 1040. The highest BCUT2D eigenvalue weighted by Crippen LogP contribution is 2.23. The Morgan fingerprint density at radius 3 is 2.62 bits per heavy atom. The van der Waals surface area contributed by atoms with Crippen LogP contribution in [0.4, 0.5) is 0 Å². The average Bonchev–Trinajstić information content (AvgIpc) is 2.96. The third-order valence-corrected chi connectivity index (χ3v) is 6.49. The second kappa shape index (κ2) is 9.61. The van der Waals surface area contributed by atoms with E-state index in [0.29, 0.717) is 40.8 Å². The van der Waals surface area contributed by atoms with Crippen LogP contribution in [0.3, 0.4) is 0 Å². The molecule has 0 fully saturated rings. The summed E-state index contributed by atoms with van der Waals surface area (Å²) < 4.78 is 31.7. The van der Waals surface area contributed by atoms with Crippen molar-refractivity contribution >= 4 is 45.0 Å². The first-order valence-corrected chi connectivity index (χ1v) is 11.4. The summed E-state index contributed by atoms with van der Waals surface area (Å²) in [4.78, 5) is 16.4. The van der Waals surface area contributed by atoms with Gasteiger partial charge in [-0.1, -0.05) is 47.8 Å². The van der Waals surface area contributed by atoms with Crippen LogP contribution in [0.5, 0.6) is 0 Å². The molecule has 3 rings (SSSR count). The lowest BCUT2D eigenvalue weighted by atomic mass is 10.2. The Morgan fingerprint density at radius 2 is 1.83 bits per heavy atom. The van der Waals surface area contributed by atoms with Crippen molar-refractivity contribution < 1.29 is 17.9 Å². The molecule has 1 aliphatic rings. The van der Waals surface area contributed by atoms with Gasteiger partial charge in [-0.15, -0.1) is 0 Å². The van der Waals surface area contributed by atoms with Gasteiger partial charge in [-0.3, -0.25) is 14.5 Å². The van der Waals surface area contributed by atoms with Gasteiger partial charge in [-0.05, 0) is 42.7 Å². The number of ether oxygens (including phenoxy) is 1. The Balaban J connectivity index is 1.36. The predicted octanol–water partition coefficient (Wildman–Crippen LogP) is 4.34. The quantitative estimate of drug-likeness (QED) is 0.474. The molecule has 1 heterocycles. The molecule has 9 heteroatoms. The molecule has 154 valence electrons. The molecule has 0 saturated carbocycles. The maximum Gasteiger partial charge on any atom is 0.306 e. The number of hydrogen-bond donors (Lipinski definition) is 1. The fraction of sp³-hybridized carbons (Fsp3) is 0.300.